The Bertz CT molecular complexity index is 316. The van der Waals surface area contributed by atoms with Crippen LogP contribution in [0.1, 0.15) is 11.6 Å². The number of nitro groups is 1. The van der Waals surface area contributed by atoms with Crippen molar-refractivity contribution in [3.63, 3.8) is 0 Å². The van der Waals surface area contributed by atoms with Crippen molar-refractivity contribution in [2.24, 2.45) is 0 Å². The summed E-state index contributed by atoms with van der Waals surface area (Å²) in [5.74, 6) is 0. The van der Waals surface area contributed by atoms with Gasteiger partial charge in [-0.05, 0) is 0 Å². The Morgan fingerprint density at radius 1 is 1.42 bits per heavy atom. The summed E-state index contributed by atoms with van der Waals surface area (Å²) in [6.45, 7) is 0. The molecule has 0 aliphatic heterocycles. The highest BCUT2D eigenvalue weighted by molar-refractivity contribution is 5.21. The number of nitriles is 1. The maximum absolute atomic E-state index is 10.3. The minimum absolute atomic E-state index is 0.421. The van der Waals surface area contributed by atoms with Crippen molar-refractivity contribution in [2.75, 3.05) is 0 Å². The molecule has 1 rings (SSSR count). The van der Waals surface area contributed by atoms with Crippen LogP contribution >= 0.6 is 0 Å². The molecule has 0 aliphatic rings. The molecular formula is C8H6N2O2. The average molecular weight is 162 g/mol. The van der Waals surface area contributed by atoms with E-state index in [2.05, 4.69) is 0 Å². The van der Waals surface area contributed by atoms with Gasteiger partial charge in [0.2, 0.25) is 0 Å². The Labute approximate surface area is 69.2 Å². The number of benzene rings is 1. The first-order chi connectivity index (χ1) is 5.75. The molecule has 4 nitrogen and oxygen atoms in total. The van der Waals surface area contributed by atoms with Gasteiger partial charge >= 0.3 is 6.04 Å². The summed E-state index contributed by atoms with van der Waals surface area (Å²) in [5.41, 5.74) is 0.421. The standard InChI is InChI=1S/C8H6N2O2/c9-6-8(10(11)12)7-4-2-1-3-5-7/h1-5,8H/t8-/m1/s1. The molecule has 1 aromatic carbocycles. The van der Waals surface area contributed by atoms with E-state index in [9.17, 15) is 10.1 Å². The first-order valence-corrected chi connectivity index (χ1v) is 3.33. The molecule has 0 spiro atoms. The Morgan fingerprint density at radius 2 is 2.00 bits per heavy atom. The summed E-state index contributed by atoms with van der Waals surface area (Å²) in [6, 6.07) is 8.59. The zero-order valence-corrected chi connectivity index (χ0v) is 6.18. The first kappa shape index (κ1) is 8.21. The molecule has 0 amide bonds. The van der Waals surface area contributed by atoms with Crippen molar-refractivity contribution in [1.29, 1.82) is 5.26 Å². The molecule has 1 aromatic rings. The molecule has 12 heavy (non-hydrogen) atoms. The molecule has 0 N–H and O–H groups in total. The smallest absolute Gasteiger partial charge is 0.263 e. The summed E-state index contributed by atoms with van der Waals surface area (Å²) in [4.78, 5) is 9.71. The lowest BCUT2D eigenvalue weighted by Crippen LogP contribution is -2.07. The Balaban J connectivity index is 2.98. The highest BCUT2D eigenvalue weighted by atomic mass is 16.6. The fourth-order valence-corrected chi connectivity index (χ4v) is 0.879. The highest BCUT2D eigenvalue weighted by Crippen LogP contribution is 2.13. The first-order valence-electron chi connectivity index (χ1n) is 3.33. The minimum atomic E-state index is -1.24. The SMILES string of the molecule is N#C[C@H](c1ccccc1)[N+](=O)[O-]. The molecule has 0 heterocycles. The van der Waals surface area contributed by atoms with Crippen molar-refractivity contribution in [2.45, 2.75) is 6.04 Å². The number of rotatable bonds is 2. The molecule has 0 saturated carbocycles. The molecule has 1 atom stereocenters. The molecular weight excluding hydrogens is 156 g/mol. The maximum atomic E-state index is 10.3. The van der Waals surface area contributed by atoms with Crippen LogP contribution in [0.2, 0.25) is 0 Å². The van der Waals surface area contributed by atoms with Crippen LogP contribution in [0.25, 0.3) is 0 Å². The second kappa shape index (κ2) is 3.49. The average Bonchev–Trinajstić information content (AvgIpc) is 2.07. The highest BCUT2D eigenvalue weighted by Gasteiger charge is 2.20. The number of hydrogen-bond donors (Lipinski definition) is 0. The van der Waals surface area contributed by atoms with Crippen molar-refractivity contribution in [1.82, 2.24) is 0 Å². The van der Waals surface area contributed by atoms with E-state index in [1.54, 1.807) is 36.4 Å². The quantitative estimate of drug-likeness (QED) is 0.489. The van der Waals surface area contributed by atoms with Crippen molar-refractivity contribution < 1.29 is 4.92 Å². The predicted octanol–water partition coefficient (Wildman–Crippen LogP) is 1.53. The zero-order chi connectivity index (χ0) is 8.97. The van der Waals surface area contributed by atoms with E-state index in [0.29, 0.717) is 5.56 Å². The summed E-state index contributed by atoms with van der Waals surface area (Å²) >= 11 is 0. The van der Waals surface area contributed by atoms with Crippen molar-refractivity contribution >= 4 is 0 Å². The molecule has 4 heteroatoms. The molecule has 0 saturated heterocycles. The second-order valence-electron chi connectivity index (χ2n) is 2.23. The van der Waals surface area contributed by atoms with Gasteiger partial charge in [0.15, 0.2) is 0 Å². The van der Waals surface area contributed by atoms with Gasteiger partial charge in [-0.25, -0.2) is 0 Å². The van der Waals surface area contributed by atoms with Crippen LogP contribution in [0.4, 0.5) is 0 Å². The van der Waals surface area contributed by atoms with E-state index in [4.69, 9.17) is 5.26 Å². The van der Waals surface area contributed by atoms with Crippen LogP contribution < -0.4 is 0 Å². The van der Waals surface area contributed by atoms with Crippen LogP contribution in [-0.2, 0) is 0 Å². The zero-order valence-electron chi connectivity index (χ0n) is 6.18. The third-order valence-corrected chi connectivity index (χ3v) is 1.45. The van der Waals surface area contributed by atoms with E-state index < -0.39 is 11.0 Å². The second-order valence-corrected chi connectivity index (χ2v) is 2.23. The molecule has 0 radical (unpaired) electrons. The van der Waals surface area contributed by atoms with E-state index >= 15 is 0 Å². The molecule has 60 valence electrons. The van der Waals surface area contributed by atoms with E-state index in [1.165, 1.54) is 0 Å². The molecule has 0 aromatic heterocycles. The monoisotopic (exact) mass is 162 g/mol. The van der Waals surface area contributed by atoms with Gasteiger partial charge in [0, 0.05) is 10.5 Å². The normalized spacial score (nSPS) is 11.6. The van der Waals surface area contributed by atoms with Gasteiger partial charge in [-0.1, -0.05) is 30.3 Å². The lowest BCUT2D eigenvalue weighted by atomic mass is 10.1. The summed E-state index contributed by atoms with van der Waals surface area (Å²) in [6.07, 6.45) is 0. The van der Waals surface area contributed by atoms with Crippen LogP contribution in [0.15, 0.2) is 30.3 Å². The minimum Gasteiger partial charge on any atom is -0.263 e. The van der Waals surface area contributed by atoms with E-state index in [1.807, 2.05) is 0 Å². The molecule has 0 fully saturated rings. The van der Waals surface area contributed by atoms with Crippen LogP contribution in [0.3, 0.4) is 0 Å². The molecule has 0 unspecified atom stereocenters. The molecule has 0 aliphatic carbocycles. The Hall–Kier alpha value is -1.89. The fraction of sp³-hybridized carbons (Fsp3) is 0.125. The lowest BCUT2D eigenvalue weighted by molar-refractivity contribution is -0.512. The van der Waals surface area contributed by atoms with Gasteiger partial charge < -0.3 is 0 Å². The van der Waals surface area contributed by atoms with Gasteiger partial charge in [-0.2, -0.15) is 5.26 Å². The Kier molecular flexibility index (Phi) is 2.38. The Morgan fingerprint density at radius 3 is 2.42 bits per heavy atom. The van der Waals surface area contributed by atoms with Gasteiger partial charge in [-0.15, -0.1) is 0 Å². The molecule has 0 bridgehead atoms. The van der Waals surface area contributed by atoms with Crippen molar-refractivity contribution in [3.05, 3.63) is 46.0 Å². The maximum Gasteiger partial charge on any atom is 0.321 e. The van der Waals surface area contributed by atoms with Crippen LogP contribution in [-0.4, -0.2) is 4.92 Å². The number of hydrogen-bond acceptors (Lipinski definition) is 3. The predicted molar refractivity (Wildman–Crippen MR) is 41.8 cm³/mol. The summed E-state index contributed by atoms with van der Waals surface area (Å²) in [7, 11) is 0. The van der Waals surface area contributed by atoms with Gasteiger partial charge in [-0.3, -0.25) is 10.1 Å². The topological polar surface area (TPSA) is 66.9 Å². The van der Waals surface area contributed by atoms with Gasteiger partial charge in [0.25, 0.3) is 0 Å². The summed E-state index contributed by atoms with van der Waals surface area (Å²) in [5, 5.41) is 18.8. The van der Waals surface area contributed by atoms with Gasteiger partial charge in [0.05, 0.1) is 0 Å². The van der Waals surface area contributed by atoms with Gasteiger partial charge in [0.1, 0.15) is 6.07 Å². The lowest BCUT2D eigenvalue weighted by Gasteiger charge is -1.99. The van der Waals surface area contributed by atoms with Crippen LogP contribution in [0, 0.1) is 21.4 Å². The van der Waals surface area contributed by atoms with Crippen LogP contribution in [0.5, 0.6) is 0 Å². The summed E-state index contributed by atoms with van der Waals surface area (Å²) < 4.78 is 0. The third kappa shape index (κ3) is 1.58. The number of nitrogens with zero attached hydrogens (tertiary/aromatic N) is 2. The largest absolute Gasteiger partial charge is 0.321 e. The van der Waals surface area contributed by atoms with E-state index in [-0.39, 0.29) is 0 Å². The van der Waals surface area contributed by atoms with E-state index in [0.717, 1.165) is 0 Å². The van der Waals surface area contributed by atoms with Crippen molar-refractivity contribution in [3.8, 4) is 6.07 Å². The fourth-order valence-electron chi connectivity index (χ4n) is 0.879. The third-order valence-electron chi connectivity index (χ3n) is 1.45.